The Morgan fingerprint density at radius 3 is 1.83 bits per heavy atom. The van der Waals surface area contributed by atoms with Gasteiger partial charge in [0.25, 0.3) is 5.91 Å². The van der Waals surface area contributed by atoms with Gasteiger partial charge in [-0.2, -0.15) is 0 Å². The van der Waals surface area contributed by atoms with Gasteiger partial charge in [0, 0.05) is 17.1 Å². The van der Waals surface area contributed by atoms with E-state index in [2.05, 4.69) is 5.32 Å². The van der Waals surface area contributed by atoms with Crippen molar-refractivity contribution in [1.82, 2.24) is 5.32 Å². The highest BCUT2D eigenvalue weighted by Crippen LogP contribution is 2.09. The fourth-order valence-corrected chi connectivity index (χ4v) is 2.57. The van der Waals surface area contributed by atoms with Gasteiger partial charge in [0.2, 0.25) is 0 Å². The van der Waals surface area contributed by atoms with E-state index in [1.165, 1.54) is 0 Å². The van der Waals surface area contributed by atoms with Crippen LogP contribution in [0.4, 0.5) is 0 Å². The van der Waals surface area contributed by atoms with E-state index in [1.54, 1.807) is 24.3 Å². The Kier molecular flexibility index (Phi) is 12.9. The van der Waals surface area contributed by atoms with E-state index >= 15 is 0 Å². The Morgan fingerprint density at radius 2 is 1.28 bits per heavy atom. The average molecular weight is 432 g/mol. The molecule has 1 unspecified atom stereocenters. The highest BCUT2D eigenvalue weighted by atomic mass is 35.5. The van der Waals surface area contributed by atoms with Gasteiger partial charge in [-0.15, -0.1) is 0 Å². The van der Waals surface area contributed by atoms with E-state index in [0.717, 1.165) is 0 Å². The fourth-order valence-electron chi connectivity index (χ4n) is 2.44. The van der Waals surface area contributed by atoms with Crippen LogP contribution in [0.5, 0.6) is 0 Å². The first-order valence-corrected chi connectivity index (χ1v) is 10.2. The lowest BCUT2D eigenvalue weighted by Crippen LogP contribution is -2.37. The van der Waals surface area contributed by atoms with E-state index in [9.17, 15) is 4.79 Å². The Morgan fingerprint density at radius 1 is 0.793 bits per heavy atom. The van der Waals surface area contributed by atoms with Crippen molar-refractivity contribution in [3.05, 3.63) is 34.9 Å². The molecule has 29 heavy (non-hydrogen) atoms. The van der Waals surface area contributed by atoms with E-state index in [0.29, 0.717) is 89.8 Å². The highest BCUT2D eigenvalue weighted by Gasteiger charge is 2.13. The van der Waals surface area contributed by atoms with Gasteiger partial charge >= 0.3 is 0 Å². The van der Waals surface area contributed by atoms with Crippen LogP contribution in [0.25, 0.3) is 0 Å². The standard InChI is InChI=1S/C20H30ClNO7/c21-18-3-1-17(2-4-18)20(23)22-15-19-16-28-12-11-26-8-7-24-5-6-25-9-10-27-13-14-29-19/h1-4,19H,5-16H2,(H,22,23). The zero-order valence-corrected chi connectivity index (χ0v) is 17.4. The minimum atomic E-state index is -0.298. The van der Waals surface area contributed by atoms with Crippen molar-refractivity contribution >= 4 is 17.5 Å². The van der Waals surface area contributed by atoms with Gasteiger partial charge in [0.15, 0.2) is 0 Å². The summed E-state index contributed by atoms with van der Waals surface area (Å²) in [5, 5.41) is 3.45. The van der Waals surface area contributed by atoms with Gasteiger partial charge in [-0.1, -0.05) is 11.6 Å². The predicted molar refractivity (Wildman–Crippen MR) is 108 cm³/mol. The molecule has 0 aromatic heterocycles. The van der Waals surface area contributed by atoms with Crippen LogP contribution in [-0.2, 0) is 28.4 Å². The third kappa shape index (κ3) is 11.5. The number of hydrogen-bond acceptors (Lipinski definition) is 7. The van der Waals surface area contributed by atoms with E-state index in [-0.39, 0.29) is 12.0 Å². The minimum Gasteiger partial charge on any atom is -0.377 e. The van der Waals surface area contributed by atoms with Crippen LogP contribution in [0.15, 0.2) is 24.3 Å². The molecule has 1 fully saturated rings. The lowest BCUT2D eigenvalue weighted by atomic mass is 10.2. The zero-order valence-electron chi connectivity index (χ0n) is 16.6. The number of rotatable bonds is 3. The Balaban J connectivity index is 1.75. The van der Waals surface area contributed by atoms with Gasteiger partial charge in [0.1, 0.15) is 0 Å². The molecule has 1 heterocycles. The lowest BCUT2D eigenvalue weighted by molar-refractivity contribution is -0.0590. The second-order valence-corrected chi connectivity index (χ2v) is 6.67. The first-order chi connectivity index (χ1) is 14.3. The average Bonchev–Trinajstić information content (AvgIpc) is 2.73. The summed E-state index contributed by atoms with van der Waals surface area (Å²) in [6.07, 6.45) is -0.298. The highest BCUT2D eigenvalue weighted by molar-refractivity contribution is 6.30. The number of amides is 1. The van der Waals surface area contributed by atoms with Crippen LogP contribution in [0.2, 0.25) is 5.02 Å². The molecule has 1 aliphatic rings. The lowest BCUT2D eigenvalue weighted by Gasteiger charge is -2.19. The molecule has 1 saturated heterocycles. The molecular formula is C20H30ClNO7. The first kappa shape index (κ1) is 24.0. The van der Waals surface area contributed by atoms with E-state index in [1.807, 2.05) is 0 Å². The molecule has 0 spiro atoms. The van der Waals surface area contributed by atoms with Crippen LogP contribution in [0.1, 0.15) is 10.4 Å². The molecule has 1 aromatic carbocycles. The van der Waals surface area contributed by atoms with Crippen molar-refractivity contribution in [3.8, 4) is 0 Å². The summed E-state index contributed by atoms with van der Waals surface area (Å²) in [4.78, 5) is 12.3. The molecule has 0 radical (unpaired) electrons. The number of hydrogen-bond donors (Lipinski definition) is 1. The maximum absolute atomic E-state index is 12.3. The molecule has 2 rings (SSSR count). The van der Waals surface area contributed by atoms with Crippen molar-refractivity contribution in [1.29, 1.82) is 0 Å². The number of halogens is 1. The third-order valence-corrected chi connectivity index (χ3v) is 4.22. The smallest absolute Gasteiger partial charge is 0.251 e. The van der Waals surface area contributed by atoms with E-state index < -0.39 is 0 Å². The summed E-state index contributed by atoms with van der Waals surface area (Å²) in [7, 11) is 0. The molecule has 0 saturated carbocycles. The minimum absolute atomic E-state index is 0.193. The molecule has 0 aliphatic carbocycles. The molecule has 1 aliphatic heterocycles. The number of carbonyl (C=O) groups excluding carboxylic acids is 1. The van der Waals surface area contributed by atoms with Gasteiger partial charge in [0.05, 0.1) is 78.8 Å². The largest absolute Gasteiger partial charge is 0.377 e. The summed E-state index contributed by atoms with van der Waals surface area (Å²) in [6, 6.07) is 6.71. The van der Waals surface area contributed by atoms with Gasteiger partial charge < -0.3 is 33.7 Å². The predicted octanol–water partition coefficient (Wildman–Crippen LogP) is 1.55. The van der Waals surface area contributed by atoms with Crippen LogP contribution >= 0.6 is 11.6 Å². The van der Waals surface area contributed by atoms with E-state index in [4.69, 9.17) is 40.0 Å². The van der Waals surface area contributed by atoms with Gasteiger partial charge in [-0.05, 0) is 24.3 Å². The number of carbonyl (C=O) groups is 1. The van der Waals surface area contributed by atoms with Crippen molar-refractivity contribution in [2.45, 2.75) is 6.10 Å². The maximum Gasteiger partial charge on any atom is 0.251 e. The molecule has 8 nitrogen and oxygen atoms in total. The second kappa shape index (κ2) is 15.6. The molecule has 1 aromatic rings. The summed E-state index contributed by atoms with van der Waals surface area (Å²) in [5.74, 6) is -0.193. The number of nitrogens with one attached hydrogen (secondary N) is 1. The van der Waals surface area contributed by atoms with Crippen LogP contribution in [-0.4, -0.2) is 91.2 Å². The van der Waals surface area contributed by atoms with Gasteiger partial charge in [-0.25, -0.2) is 0 Å². The van der Waals surface area contributed by atoms with Gasteiger partial charge in [-0.3, -0.25) is 4.79 Å². The monoisotopic (exact) mass is 431 g/mol. The van der Waals surface area contributed by atoms with Crippen LogP contribution in [0, 0.1) is 0 Å². The normalized spacial score (nSPS) is 21.6. The summed E-state index contributed by atoms with van der Waals surface area (Å²) >= 11 is 5.86. The topological polar surface area (TPSA) is 84.5 Å². The Bertz CT molecular complexity index is 540. The molecule has 164 valence electrons. The quantitative estimate of drug-likeness (QED) is 0.777. The van der Waals surface area contributed by atoms with Crippen molar-refractivity contribution in [2.75, 3.05) is 79.2 Å². The summed E-state index contributed by atoms with van der Waals surface area (Å²) in [6.45, 7) is 5.46. The van der Waals surface area contributed by atoms with Crippen LogP contribution in [0.3, 0.4) is 0 Å². The molecule has 1 amide bonds. The van der Waals surface area contributed by atoms with Crippen molar-refractivity contribution in [3.63, 3.8) is 0 Å². The summed E-state index contributed by atoms with van der Waals surface area (Å²) < 4.78 is 33.2. The third-order valence-electron chi connectivity index (χ3n) is 3.97. The van der Waals surface area contributed by atoms with Crippen LogP contribution < -0.4 is 5.32 Å². The molecule has 0 bridgehead atoms. The maximum atomic E-state index is 12.3. The molecule has 1 N–H and O–H groups in total. The molecule has 1 atom stereocenters. The fraction of sp³-hybridized carbons (Fsp3) is 0.650. The first-order valence-electron chi connectivity index (χ1n) is 9.80. The number of benzene rings is 1. The SMILES string of the molecule is O=C(NCC1COCCOCCOCCOCCOCCO1)c1ccc(Cl)cc1. The Hall–Kier alpha value is -1.26. The molecule has 9 heteroatoms. The molecular weight excluding hydrogens is 402 g/mol. The Labute approximate surface area is 176 Å². The van der Waals surface area contributed by atoms with Crippen molar-refractivity contribution in [2.24, 2.45) is 0 Å². The van der Waals surface area contributed by atoms with Crippen molar-refractivity contribution < 1.29 is 33.2 Å². The second-order valence-electron chi connectivity index (χ2n) is 6.23. The zero-order chi connectivity index (χ0) is 20.6. The summed E-state index contributed by atoms with van der Waals surface area (Å²) in [5.41, 5.74) is 0.537. The number of ether oxygens (including phenoxy) is 6.